The van der Waals surface area contributed by atoms with Gasteiger partial charge in [-0.2, -0.15) is 0 Å². The Morgan fingerprint density at radius 2 is 2.10 bits per heavy atom. The number of carbonyl (C=O) groups excluding carboxylic acids is 2. The molecule has 0 aromatic heterocycles. The standard InChI is InChI=1S/C17H24O4/c1-10-12-5-6-16(12,4)17(20)8-15(3,9-21-11(2)18)7-13(17)14(10)19/h13,20H,5-9H2,1-4H3. The fourth-order valence-corrected chi connectivity index (χ4v) is 4.90. The smallest absolute Gasteiger partial charge is 0.302 e. The Kier molecular flexibility index (Phi) is 2.94. The van der Waals surface area contributed by atoms with Crippen LogP contribution >= 0.6 is 0 Å². The van der Waals surface area contributed by atoms with Crippen molar-refractivity contribution in [3.63, 3.8) is 0 Å². The Labute approximate surface area is 125 Å². The van der Waals surface area contributed by atoms with E-state index >= 15 is 0 Å². The van der Waals surface area contributed by atoms with Crippen LogP contribution in [0, 0.1) is 16.7 Å². The van der Waals surface area contributed by atoms with Gasteiger partial charge in [-0.3, -0.25) is 9.59 Å². The summed E-state index contributed by atoms with van der Waals surface area (Å²) in [4.78, 5) is 23.7. The number of aliphatic hydroxyl groups is 1. The fourth-order valence-electron chi connectivity index (χ4n) is 4.90. The lowest BCUT2D eigenvalue weighted by molar-refractivity contribution is -0.152. The minimum Gasteiger partial charge on any atom is -0.465 e. The Balaban J connectivity index is 1.95. The molecule has 1 N–H and O–H groups in total. The highest BCUT2D eigenvalue weighted by Gasteiger charge is 2.68. The van der Waals surface area contributed by atoms with Gasteiger partial charge in [-0.15, -0.1) is 0 Å². The summed E-state index contributed by atoms with van der Waals surface area (Å²) in [7, 11) is 0. The molecule has 0 aliphatic heterocycles. The van der Waals surface area contributed by atoms with Gasteiger partial charge in [-0.1, -0.05) is 19.4 Å². The molecule has 0 spiro atoms. The molecule has 4 atom stereocenters. The number of allylic oxidation sites excluding steroid dienone is 1. The highest BCUT2D eigenvalue weighted by molar-refractivity contribution is 6.00. The van der Waals surface area contributed by atoms with Crippen molar-refractivity contribution in [2.45, 2.75) is 59.0 Å². The number of carbonyl (C=O) groups is 2. The number of hydrogen-bond donors (Lipinski definition) is 1. The second-order valence-corrected chi connectivity index (χ2v) is 7.75. The topological polar surface area (TPSA) is 63.6 Å². The highest BCUT2D eigenvalue weighted by atomic mass is 16.5. The summed E-state index contributed by atoms with van der Waals surface area (Å²) in [5.41, 5.74) is 0.420. The molecule has 0 bridgehead atoms. The average Bonchev–Trinajstić information content (AvgIpc) is 2.66. The monoisotopic (exact) mass is 292 g/mol. The number of hydrogen-bond acceptors (Lipinski definition) is 4. The van der Waals surface area contributed by atoms with Crippen LogP contribution in [0.5, 0.6) is 0 Å². The van der Waals surface area contributed by atoms with E-state index in [1.165, 1.54) is 6.92 Å². The molecule has 3 rings (SSSR count). The number of esters is 1. The first-order chi connectivity index (χ1) is 9.63. The van der Waals surface area contributed by atoms with Crippen LogP contribution in [-0.4, -0.2) is 29.1 Å². The first-order valence-electron chi connectivity index (χ1n) is 7.73. The summed E-state index contributed by atoms with van der Waals surface area (Å²) in [5.74, 6) is -0.572. The quantitative estimate of drug-likeness (QED) is 0.794. The van der Waals surface area contributed by atoms with Crippen LogP contribution in [0.15, 0.2) is 11.1 Å². The van der Waals surface area contributed by atoms with E-state index in [1.54, 1.807) is 0 Å². The summed E-state index contributed by atoms with van der Waals surface area (Å²) in [6.07, 6.45) is 2.97. The van der Waals surface area contributed by atoms with E-state index in [0.717, 1.165) is 24.0 Å². The van der Waals surface area contributed by atoms with Gasteiger partial charge in [-0.25, -0.2) is 0 Å². The van der Waals surface area contributed by atoms with Gasteiger partial charge in [0, 0.05) is 17.8 Å². The molecule has 3 aliphatic rings. The third-order valence-electron chi connectivity index (χ3n) is 6.23. The van der Waals surface area contributed by atoms with Crippen LogP contribution in [0.4, 0.5) is 0 Å². The van der Waals surface area contributed by atoms with Crippen molar-refractivity contribution in [3.8, 4) is 0 Å². The van der Waals surface area contributed by atoms with Gasteiger partial charge < -0.3 is 9.84 Å². The Hall–Kier alpha value is -1.16. The summed E-state index contributed by atoms with van der Waals surface area (Å²) in [5, 5.41) is 11.4. The van der Waals surface area contributed by atoms with E-state index in [0.29, 0.717) is 12.8 Å². The molecule has 0 radical (unpaired) electrons. The van der Waals surface area contributed by atoms with Gasteiger partial charge >= 0.3 is 5.97 Å². The van der Waals surface area contributed by atoms with Crippen LogP contribution < -0.4 is 0 Å². The second kappa shape index (κ2) is 4.19. The van der Waals surface area contributed by atoms with E-state index in [1.807, 2.05) is 13.8 Å². The zero-order chi connectivity index (χ0) is 15.6. The van der Waals surface area contributed by atoms with Crippen molar-refractivity contribution < 1.29 is 19.4 Å². The lowest BCUT2D eigenvalue weighted by Gasteiger charge is -2.57. The normalized spacial score (nSPS) is 45.0. The number of fused-ring (bicyclic) bond motifs is 3. The zero-order valence-corrected chi connectivity index (χ0v) is 13.3. The molecule has 0 heterocycles. The number of rotatable bonds is 2. The van der Waals surface area contributed by atoms with E-state index < -0.39 is 5.60 Å². The molecule has 0 aromatic rings. The fraction of sp³-hybridized carbons (Fsp3) is 0.765. The van der Waals surface area contributed by atoms with Crippen molar-refractivity contribution in [2.24, 2.45) is 16.7 Å². The summed E-state index contributed by atoms with van der Waals surface area (Å²) < 4.78 is 5.18. The van der Waals surface area contributed by atoms with E-state index in [9.17, 15) is 14.7 Å². The number of ketones is 1. The van der Waals surface area contributed by atoms with Crippen LogP contribution in [0.25, 0.3) is 0 Å². The van der Waals surface area contributed by atoms with E-state index in [2.05, 4.69) is 6.92 Å². The van der Waals surface area contributed by atoms with Gasteiger partial charge in [0.2, 0.25) is 0 Å². The lowest BCUT2D eigenvalue weighted by atomic mass is 9.49. The van der Waals surface area contributed by atoms with Crippen LogP contribution in [-0.2, 0) is 14.3 Å². The van der Waals surface area contributed by atoms with Crippen molar-refractivity contribution in [1.82, 2.24) is 0 Å². The molecule has 2 fully saturated rings. The average molecular weight is 292 g/mol. The SMILES string of the molecule is CC(=O)OCC1(C)CC2C(=O)C(C)=C3CCC3(C)C2(O)C1. The minimum absolute atomic E-state index is 0.0937. The molecular formula is C17H24O4. The van der Waals surface area contributed by atoms with Crippen LogP contribution in [0.2, 0.25) is 0 Å². The van der Waals surface area contributed by atoms with Gasteiger partial charge in [0.25, 0.3) is 0 Å². The molecule has 21 heavy (non-hydrogen) atoms. The molecule has 4 heteroatoms. The molecule has 4 nitrogen and oxygen atoms in total. The van der Waals surface area contributed by atoms with Crippen LogP contribution in [0.3, 0.4) is 0 Å². The molecule has 3 aliphatic carbocycles. The van der Waals surface area contributed by atoms with Gasteiger partial charge in [0.05, 0.1) is 18.1 Å². The molecule has 0 aromatic carbocycles. The zero-order valence-electron chi connectivity index (χ0n) is 13.3. The Bertz CT molecular complexity index is 563. The first-order valence-corrected chi connectivity index (χ1v) is 7.73. The van der Waals surface area contributed by atoms with E-state index in [4.69, 9.17) is 4.74 Å². The molecule has 0 saturated heterocycles. The van der Waals surface area contributed by atoms with Gasteiger partial charge in [0.15, 0.2) is 5.78 Å². The maximum Gasteiger partial charge on any atom is 0.302 e. The lowest BCUT2D eigenvalue weighted by Crippen LogP contribution is -2.60. The Morgan fingerprint density at radius 1 is 1.43 bits per heavy atom. The summed E-state index contributed by atoms with van der Waals surface area (Å²) in [6.45, 7) is 7.67. The predicted octanol–water partition coefficient (Wildman–Crippen LogP) is 2.40. The molecule has 116 valence electrons. The van der Waals surface area contributed by atoms with Crippen molar-refractivity contribution in [3.05, 3.63) is 11.1 Å². The third-order valence-corrected chi connectivity index (χ3v) is 6.23. The van der Waals surface area contributed by atoms with E-state index in [-0.39, 0.29) is 35.1 Å². The molecule has 2 saturated carbocycles. The van der Waals surface area contributed by atoms with Crippen molar-refractivity contribution in [2.75, 3.05) is 6.61 Å². The summed E-state index contributed by atoms with van der Waals surface area (Å²) in [6, 6.07) is 0. The Morgan fingerprint density at radius 3 is 2.62 bits per heavy atom. The largest absolute Gasteiger partial charge is 0.465 e. The third kappa shape index (κ3) is 1.78. The maximum atomic E-state index is 12.6. The van der Waals surface area contributed by atoms with Gasteiger partial charge in [0.1, 0.15) is 0 Å². The first kappa shape index (κ1) is 14.8. The highest BCUT2D eigenvalue weighted by Crippen LogP contribution is 2.67. The minimum atomic E-state index is -0.980. The van der Waals surface area contributed by atoms with Gasteiger partial charge in [-0.05, 0) is 38.2 Å². The van der Waals surface area contributed by atoms with Crippen molar-refractivity contribution in [1.29, 1.82) is 0 Å². The number of Topliss-reactive ketones (excluding diaryl/α,β-unsaturated/α-hetero) is 1. The predicted molar refractivity (Wildman–Crippen MR) is 77.5 cm³/mol. The van der Waals surface area contributed by atoms with Crippen LogP contribution in [0.1, 0.15) is 53.4 Å². The van der Waals surface area contributed by atoms with Crippen molar-refractivity contribution >= 4 is 11.8 Å². The second-order valence-electron chi connectivity index (χ2n) is 7.75. The molecule has 0 amide bonds. The maximum absolute atomic E-state index is 12.6. The molecule has 4 unspecified atom stereocenters. The molecular weight excluding hydrogens is 268 g/mol. The summed E-state index contributed by atoms with van der Waals surface area (Å²) >= 11 is 0. The number of ether oxygens (including phenoxy) is 1.